The molecule has 1 aliphatic heterocycles. The largest absolute Gasteiger partial charge is 0.369 e. The van der Waals surface area contributed by atoms with Gasteiger partial charge in [0.25, 0.3) is 0 Å². The maximum atomic E-state index is 11.2. The molecule has 1 unspecified atom stereocenters. The number of anilines is 1. The van der Waals surface area contributed by atoms with E-state index in [-0.39, 0.29) is 11.9 Å². The number of para-hydroxylation sites is 2. The van der Waals surface area contributed by atoms with Crippen molar-refractivity contribution in [1.29, 1.82) is 0 Å². The van der Waals surface area contributed by atoms with Gasteiger partial charge in [0.15, 0.2) is 0 Å². The predicted molar refractivity (Wildman–Crippen MR) is 65.4 cm³/mol. The van der Waals surface area contributed by atoms with E-state index in [0.29, 0.717) is 18.9 Å². The molecule has 0 spiro atoms. The second kappa shape index (κ2) is 3.76. The third-order valence-corrected chi connectivity index (χ3v) is 3.23. The summed E-state index contributed by atoms with van der Waals surface area (Å²) in [6.45, 7) is 0.628. The zero-order chi connectivity index (χ0) is 11.8. The Balaban J connectivity index is 2.04. The summed E-state index contributed by atoms with van der Waals surface area (Å²) in [6, 6.07) is 8.09. The van der Waals surface area contributed by atoms with Crippen molar-refractivity contribution in [3.63, 3.8) is 0 Å². The van der Waals surface area contributed by atoms with E-state index in [2.05, 4.69) is 10.3 Å². The molecule has 3 rings (SSSR count). The van der Waals surface area contributed by atoms with E-state index in [0.717, 1.165) is 17.5 Å². The van der Waals surface area contributed by atoms with E-state index >= 15 is 0 Å². The predicted octanol–water partition coefficient (Wildman–Crippen LogP) is 1.07. The number of nitrogens with one attached hydrogen (secondary N) is 1. The SMILES string of the molecule is Nc1nc2ccccc2n1C1CCC(=O)NC1. The van der Waals surface area contributed by atoms with Gasteiger partial charge in [-0.3, -0.25) is 4.79 Å². The van der Waals surface area contributed by atoms with Crippen molar-refractivity contribution in [2.24, 2.45) is 0 Å². The van der Waals surface area contributed by atoms with Gasteiger partial charge in [0, 0.05) is 13.0 Å². The number of rotatable bonds is 1. The molecule has 5 nitrogen and oxygen atoms in total. The number of piperidine rings is 1. The Labute approximate surface area is 98.6 Å². The Kier molecular flexibility index (Phi) is 2.24. The van der Waals surface area contributed by atoms with Crippen molar-refractivity contribution >= 4 is 22.9 Å². The maximum Gasteiger partial charge on any atom is 0.220 e. The van der Waals surface area contributed by atoms with Crippen LogP contribution in [0.2, 0.25) is 0 Å². The highest BCUT2D eigenvalue weighted by molar-refractivity contribution is 5.79. The number of nitrogens with zero attached hydrogens (tertiary/aromatic N) is 2. The van der Waals surface area contributed by atoms with Crippen LogP contribution in [-0.4, -0.2) is 22.0 Å². The summed E-state index contributed by atoms with van der Waals surface area (Å²) in [5.41, 5.74) is 7.90. The molecule has 0 radical (unpaired) electrons. The van der Waals surface area contributed by atoms with E-state index in [1.54, 1.807) is 0 Å². The van der Waals surface area contributed by atoms with Crippen LogP contribution in [0.5, 0.6) is 0 Å². The minimum atomic E-state index is 0.115. The van der Waals surface area contributed by atoms with Gasteiger partial charge in [-0.05, 0) is 18.6 Å². The lowest BCUT2D eigenvalue weighted by molar-refractivity contribution is -0.122. The molecule has 1 aromatic carbocycles. The highest BCUT2D eigenvalue weighted by atomic mass is 16.1. The molecule has 0 saturated carbocycles. The topological polar surface area (TPSA) is 72.9 Å². The smallest absolute Gasteiger partial charge is 0.220 e. The second-order valence-electron chi connectivity index (χ2n) is 4.33. The van der Waals surface area contributed by atoms with Crippen LogP contribution in [0, 0.1) is 0 Å². The monoisotopic (exact) mass is 230 g/mol. The molecule has 1 fully saturated rings. The molecule has 0 bridgehead atoms. The number of imidazole rings is 1. The van der Waals surface area contributed by atoms with Crippen LogP contribution in [0.1, 0.15) is 18.9 Å². The van der Waals surface area contributed by atoms with Gasteiger partial charge in [-0.15, -0.1) is 0 Å². The van der Waals surface area contributed by atoms with Crippen LogP contribution in [0.15, 0.2) is 24.3 Å². The lowest BCUT2D eigenvalue weighted by Crippen LogP contribution is -2.36. The van der Waals surface area contributed by atoms with Gasteiger partial charge >= 0.3 is 0 Å². The van der Waals surface area contributed by atoms with Gasteiger partial charge in [-0.2, -0.15) is 0 Å². The first-order valence-electron chi connectivity index (χ1n) is 5.75. The van der Waals surface area contributed by atoms with Crippen LogP contribution in [0.3, 0.4) is 0 Å². The van der Waals surface area contributed by atoms with Gasteiger partial charge in [0.1, 0.15) is 0 Å². The summed E-state index contributed by atoms with van der Waals surface area (Å²) in [7, 11) is 0. The minimum Gasteiger partial charge on any atom is -0.369 e. The number of hydrogen-bond acceptors (Lipinski definition) is 3. The number of nitrogen functional groups attached to an aromatic ring is 1. The molecule has 1 atom stereocenters. The van der Waals surface area contributed by atoms with Crippen molar-refractivity contribution in [3.8, 4) is 0 Å². The number of fused-ring (bicyclic) bond motifs is 1. The number of amides is 1. The molecule has 1 aliphatic rings. The normalized spacial score (nSPS) is 20.5. The van der Waals surface area contributed by atoms with Gasteiger partial charge in [0.05, 0.1) is 17.1 Å². The molecule has 88 valence electrons. The number of hydrogen-bond donors (Lipinski definition) is 2. The molecule has 1 aromatic heterocycles. The zero-order valence-electron chi connectivity index (χ0n) is 9.39. The van der Waals surface area contributed by atoms with E-state index < -0.39 is 0 Å². The van der Waals surface area contributed by atoms with E-state index in [1.807, 2.05) is 28.8 Å². The number of aromatic nitrogens is 2. The van der Waals surface area contributed by atoms with Crippen LogP contribution in [-0.2, 0) is 4.79 Å². The summed E-state index contributed by atoms with van der Waals surface area (Å²) in [4.78, 5) is 15.5. The maximum absolute atomic E-state index is 11.2. The molecule has 3 N–H and O–H groups in total. The number of benzene rings is 1. The number of carbonyl (C=O) groups is 1. The summed E-state index contributed by atoms with van der Waals surface area (Å²) in [5, 5.41) is 2.87. The summed E-state index contributed by atoms with van der Waals surface area (Å²) in [5.74, 6) is 0.636. The van der Waals surface area contributed by atoms with Crippen LogP contribution in [0.25, 0.3) is 11.0 Å². The van der Waals surface area contributed by atoms with Gasteiger partial charge in [0.2, 0.25) is 11.9 Å². The molecule has 17 heavy (non-hydrogen) atoms. The highest BCUT2D eigenvalue weighted by Gasteiger charge is 2.22. The molecule has 1 amide bonds. The first-order chi connectivity index (χ1) is 8.25. The van der Waals surface area contributed by atoms with Crippen molar-refractivity contribution < 1.29 is 4.79 Å². The Hall–Kier alpha value is -2.04. The average molecular weight is 230 g/mol. The fraction of sp³-hybridized carbons (Fsp3) is 0.333. The summed E-state index contributed by atoms with van der Waals surface area (Å²) < 4.78 is 2.02. The van der Waals surface area contributed by atoms with Crippen molar-refractivity contribution in [2.45, 2.75) is 18.9 Å². The Morgan fingerprint density at radius 2 is 2.24 bits per heavy atom. The lowest BCUT2D eigenvalue weighted by atomic mass is 10.1. The van der Waals surface area contributed by atoms with Crippen molar-refractivity contribution in [3.05, 3.63) is 24.3 Å². The van der Waals surface area contributed by atoms with Gasteiger partial charge < -0.3 is 15.6 Å². The number of nitrogens with two attached hydrogens (primary N) is 1. The van der Waals surface area contributed by atoms with Crippen LogP contribution >= 0.6 is 0 Å². The molecule has 5 heteroatoms. The average Bonchev–Trinajstić information content (AvgIpc) is 2.66. The Morgan fingerprint density at radius 3 is 3.00 bits per heavy atom. The second-order valence-corrected chi connectivity index (χ2v) is 4.33. The summed E-state index contributed by atoms with van der Waals surface area (Å²) in [6.07, 6.45) is 1.37. The third-order valence-electron chi connectivity index (χ3n) is 3.23. The van der Waals surface area contributed by atoms with Crippen molar-refractivity contribution in [1.82, 2.24) is 14.9 Å². The Morgan fingerprint density at radius 1 is 1.41 bits per heavy atom. The summed E-state index contributed by atoms with van der Waals surface area (Å²) >= 11 is 0. The fourth-order valence-electron chi connectivity index (χ4n) is 2.39. The molecule has 0 aliphatic carbocycles. The molecule has 1 saturated heterocycles. The highest BCUT2D eigenvalue weighted by Crippen LogP contribution is 2.26. The van der Waals surface area contributed by atoms with Gasteiger partial charge in [-0.1, -0.05) is 12.1 Å². The fourth-order valence-corrected chi connectivity index (χ4v) is 2.39. The number of carbonyl (C=O) groups excluding carboxylic acids is 1. The van der Waals surface area contributed by atoms with Crippen LogP contribution in [0.4, 0.5) is 5.95 Å². The Bertz CT molecular complexity index is 565. The lowest BCUT2D eigenvalue weighted by Gasteiger charge is -2.25. The van der Waals surface area contributed by atoms with Crippen molar-refractivity contribution in [2.75, 3.05) is 12.3 Å². The molecular formula is C12H14N4O. The zero-order valence-corrected chi connectivity index (χ0v) is 9.39. The molecule has 2 heterocycles. The van der Waals surface area contributed by atoms with Gasteiger partial charge in [-0.25, -0.2) is 4.98 Å². The quantitative estimate of drug-likeness (QED) is 0.769. The molecule has 2 aromatic rings. The van der Waals surface area contributed by atoms with Crippen LogP contribution < -0.4 is 11.1 Å². The minimum absolute atomic E-state index is 0.115. The first kappa shape index (κ1) is 10.1. The third kappa shape index (κ3) is 1.63. The molecular weight excluding hydrogens is 216 g/mol. The first-order valence-corrected chi connectivity index (χ1v) is 5.75. The van der Waals surface area contributed by atoms with E-state index in [4.69, 9.17) is 5.73 Å². The standard InChI is InChI=1S/C12H14N4O/c13-12-15-9-3-1-2-4-10(9)16(12)8-5-6-11(17)14-7-8/h1-4,8H,5-7H2,(H2,13,15)(H,14,17). The van der Waals surface area contributed by atoms with E-state index in [9.17, 15) is 4.79 Å². The van der Waals surface area contributed by atoms with E-state index in [1.165, 1.54) is 0 Å².